The van der Waals surface area contributed by atoms with E-state index in [9.17, 15) is 4.79 Å². The summed E-state index contributed by atoms with van der Waals surface area (Å²) in [6, 6.07) is 4.24. The Labute approximate surface area is 116 Å². The molecule has 0 heterocycles. The fourth-order valence-electron chi connectivity index (χ4n) is 2.16. The number of nitrogens with one attached hydrogen (secondary N) is 1. The second-order valence-corrected chi connectivity index (χ2v) is 5.06. The smallest absolute Gasteiger partial charge is 0.240 e. The maximum atomic E-state index is 11.5. The molecule has 0 fully saturated rings. The van der Waals surface area contributed by atoms with Crippen molar-refractivity contribution in [1.82, 2.24) is 5.43 Å². The standard InChI is InChI=1S/C16H24N2O/c1-5-6-7-8-16(19)18-17-11-15-13(3)9-12(2)10-14(15)4/h9-11H,5-8H2,1-4H3,(H,18,19). The Morgan fingerprint density at radius 3 is 2.42 bits per heavy atom. The van der Waals surface area contributed by atoms with Crippen LogP contribution in [0.4, 0.5) is 0 Å². The van der Waals surface area contributed by atoms with E-state index in [4.69, 9.17) is 0 Å². The van der Waals surface area contributed by atoms with Gasteiger partial charge in [-0.05, 0) is 38.3 Å². The molecule has 0 radical (unpaired) electrons. The van der Waals surface area contributed by atoms with E-state index < -0.39 is 0 Å². The summed E-state index contributed by atoms with van der Waals surface area (Å²) in [4.78, 5) is 11.5. The number of aryl methyl sites for hydroxylation is 3. The summed E-state index contributed by atoms with van der Waals surface area (Å²) in [6.45, 7) is 8.32. The Bertz CT molecular complexity index is 441. The van der Waals surface area contributed by atoms with E-state index in [1.54, 1.807) is 6.21 Å². The lowest BCUT2D eigenvalue weighted by Crippen LogP contribution is -2.17. The Hall–Kier alpha value is -1.64. The normalized spacial score (nSPS) is 10.9. The van der Waals surface area contributed by atoms with E-state index >= 15 is 0 Å². The van der Waals surface area contributed by atoms with E-state index in [2.05, 4.69) is 50.4 Å². The highest BCUT2D eigenvalue weighted by Gasteiger charge is 2.02. The fourth-order valence-corrected chi connectivity index (χ4v) is 2.16. The lowest BCUT2D eigenvalue weighted by Gasteiger charge is -2.06. The second kappa shape index (κ2) is 7.72. The van der Waals surface area contributed by atoms with Crippen LogP contribution in [0, 0.1) is 20.8 Å². The number of carbonyl (C=O) groups excluding carboxylic acids is 1. The molecular weight excluding hydrogens is 236 g/mol. The molecule has 0 bridgehead atoms. The van der Waals surface area contributed by atoms with Crippen molar-refractivity contribution in [3.8, 4) is 0 Å². The minimum atomic E-state index is -0.00730. The van der Waals surface area contributed by atoms with Gasteiger partial charge in [-0.3, -0.25) is 4.79 Å². The Balaban J connectivity index is 2.55. The molecule has 0 aliphatic rings. The quantitative estimate of drug-likeness (QED) is 0.473. The van der Waals surface area contributed by atoms with Gasteiger partial charge in [-0.15, -0.1) is 0 Å². The van der Waals surface area contributed by atoms with Crippen molar-refractivity contribution in [3.05, 3.63) is 34.4 Å². The first-order valence-electron chi connectivity index (χ1n) is 6.94. The van der Waals surface area contributed by atoms with Crippen LogP contribution in [0.3, 0.4) is 0 Å². The van der Waals surface area contributed by atoms with Crippen LogP contribution in [0.2, 0.25) is 0 Å². The molecular formula is C16H24N2O. The molecule has 3 heteroatoms. The van der Waals surface area contributed by atoms with Crippen molar-refractivity contribution in [2.75, 3.05) is 0 Å². The first-order valence-corrected chi connectivity index (χ1v) is 6.94. The molecule has 0 unspecified atom stereocenters. The Morgan fingerprint density at radius 1 is 1.21 bits per heavy atom. The number of unbranched alkanes of at least 4 members (excludes halogenated alkanes) is 2. The van der Waals surface area contributed by atoms with Crippen molar-refractivity contribution in [1.29, 1.82) is 0 Å². The SMILES string of the molecule is CCCCCC(=O)NN=Cc1c(C)cc(C)cc1C. The van der Waals surface area contributed by atoms with Crippen LogP contribution in [0.25, 0.3) is 0 Å². The summed E-state index contributed by atoms with van der Waals surface area (Å²) in [7, 11) is 0. The Kier molecular flexibility index (Phi) is 6.26. The molecule has 0 aromatic heterocycles. The summed E-state index contributed by atoms with van der Waals surface area (Å²) >= 11 is 0. The lowest BCUT2D eigenvalue weighted by molar-refractivity contribution is -0.121. The van der Waals surface area contributed by atoms with Crippen molar-refractivity contribution in [2.45, 2.75) is 53.4 Å². The topological polar surface area (TPSA) is 41.5 Å². The summed E-state index contributed by atoms with van der Waals surface area (Å²) in [5.41, 5.74) is 7.28. The average Bonchev–Trinajstić information content (AvgIpc) is 2.32. The van der Waals surface area contributed by atoms with Crippen LogP contribution in [0.5, 0.6) is 0 Å². The molecule has 3 nitrogen and oxygen atoms in total. The van der Waals surface area contributed by atoms with Gasteiger partial charge in [0.05, 0.1) is 6.21 Å². The molecule has 1 aromatic rings. The van der Waals surface area contributed by atoms with Crippen molar-refractivity contribution in [2.24, 2.45) is 5.10 Å². The lowest BCUT2D eigenvalue weighted by atomic mass is 10.0. The first-order chi connectivity index (χ1) is 9.04. The van der Waals surface area contributed by atoms with Crippen LogP contribution >= 0.6 is 0 Å². The summed E-state index contributed by atoms with van der Waals surface area (Å²) in [6.07, 6.45) is 5.44. The van der Waals surface area contributed by atoms with Gasteiger partial charge in [0.15, 0.2) is 0 Å². The Morgan fingerprint density at radius 2 is 1.84 bits per heavy atom. The van der Waals surface area contributed by atoms with Gasteiger partial charge >= 0.3 is 0 Å². The van der Waals surface area contributed by atoms with Crippen LogP contribution in [0.1, 0.15) is 54.9 Å². The molecule has 19 heavy (non-hydrogen) atoms. The zero-order valence-corrected chi connectivity index (χ0v) is 12.4. The van der Waals surface area contributed by atoms with Gasteiger partial charge in [0.25, 0.3) is 0 Å². The number of hydrazone groups is 1. The van der Waals surface area contributed by atoms with Gasteiger partial charge in [-0.1, -0.05) is 37.5 Å². The molecule has 0 spiro atoms. The van der Waals surface area contributed by atoms with Crippen molar-refractivity contribution in [3.63, 3.8) is 0 Å². The number of amides is 1. The van der Waals surface area contributed by atoms with Crippen molar-refractivity contribution < 1.29 is 4.79 Å². The molecule has 104 valence electrons. The number of carbonyl (C=O) groups is 1. The fraction of sp³-hybridized carbons (Fsp3) is 0.500. The number of hydrogen-bond acceptors (Lipinski definition) is 2. The van der Waals surface area contributed by atoms with E-state index in [0.717, 1.165) is 24.8 Å². The summed E-state index contributed by atoms with van der Waals surface area (Å²) in [5.74, 6) is -0.00730. The van der Waals surface area contributed by atoms with Crippen molar-refractivity contribution >= 4 is 12.1 Å². The molecule has 1 rings (SSSR count). The van der Waals surface area contributed by atoms with Gasteiger partial charge in [-0.2, -0.15) is 5.10 Å². The highest BCUT2D eigenvalue weighted by Crippen LogP contribution is 2.14. The van der Waals surface area contributed by atoms with E-state index in [0.29, 0.717) is 6.42 Å². The summed E-state index contributed by atoms with van der Waals surface area (Å²) in [5, 5.41) is 4.05. The molecule has 1 N–H and O–H groups in total. The van der Waals surface area contributed by atoms with Crippen LogP contribution < -0.4 is 5.43 Å². The molecule has 1 amide bonds. The molecule has 0 saturated carbocycles. The predicted octanol–water partition coefficient (Wildman–Crippen LogP) is 3.64. The minimum absolute atomic E-state index is 0.00730. The van der Waals surface area contributed by atoms with E-state index in [-0.39, 0.29) is 5.91 Å². The number of nitrogens with zero attached hydrogens (tertiary/aromatic N) is 1. The van der Waals surface area contributed by atoms with Gasteiger partial charge in [0.2, 0.25) is 5.91 Å². The third-order valence-electron chi connectivity index (χ3n) is 3.13. The number of hydrogen-bond donors (Lipinski definition) is 1. The van der Waals surface area contributed by atoms with Gasteiger partial charge < -0.3 is 0 Å². The van der Waals surface area contributed by atoms with Crippen LogP contribution in [0.15, 0.2) is 17.2 Å². The zero-order chi connectivity index (χ0) is 14.3. The zero-order valence-electron chi connectivity index (χ0n) is 12.4. The third-order valence-corrected chi connectivity index (χ3v) is 3.13. The first kappa shape index (κ1) is 15.4. The van der Waals surface area contributed by atoms with E-state index in [1.807, 2.05) is 0 Å². The molecule has 1 aromatic carbocycles. The highest BCUT2D eigenvalue weighted by molar-refractivity contribution is 5.85. The molecule has 0 aliphatic heterocycles. The third kappa shape index (κ3) is 5.25. The highest BCUT2D eigenvalue weighted by atomic mass is 16.2. The van der Waals surface area contributed by atoms with E-state index in [1.165, 1.54) is 16.7 Å². The second-order valence-electron chi connectivity index (χ2n) is 5.06. The van der Waals surface area contributed by atoms with Crippen LogP contribution in [-0.2, 0) is 4.79 Å². The predicted molar refractivity (Wildman–Crippen MR) is 80.5 cm³/mol. The molecule has 0 aliphatic carbocycles. The number of benzene rings is 1. The largest absolute Gasteiger partial charge is 0.273 e. The monoisotopic (exact) mass is 260 g/mol. The number of rotatable bonds is 6. The maximum Gasteiger partial charge on any atom is 0.240 e. The summed E-state index contributed by atoms with van der Waals surface area (Å²) < 4.78 is 0. The minimum Gasteiger partial charge on any atom is -0.273 e. The van der Waals surface area contributed by atoms with Gasteiger partial charge in [-0.25, -0.2) is 5.43 Å². The van der Waals surface area contributed by atoms with Gasteiger partial charge in [0, 0.05) is 12.0 Å². The van der Waals surface area contributed by atoms with Crippen LogP contribution in [-0.4, -0.2) is 12.1 Å². The average molecular weight is 260 g/mol. The maximum absolute atomic E-state index is 11.5. The molecule has 0 saturated heterocycles. The van der Waals surface area contributed by atoms with Gasteiger partial charge in [0.1, 0.15) is 0 Å². The molecule has 0 atom stereocenters.